The van der Waals surface area contributed by atoms with Crippen LogP contribution in [-0.2, 0) is 10.8 Å². The highest BCUT2D eigenvalue weighted by atomic mass is 32.2. The molecule has 0 aliphatic rings. The largest absolute Gasteiger partial charge is 0.316 e. The molecule has 2 nitrogen and oxygen atoms in total. The van der Waals surface area contributed by atoms with Crippen LogP contribution in [0.5, 0.6) is 0 Å². The van der Waals surface area contributed by atoms with Gasteiger partial charge in [-0.25, -0.2) is 0 Å². The van der Waals surface area contributed by atoms with Gasteiger partial charge in [0.05, 0.1) is 0 Å². The maximum Gasteiger partial charge on any atom is 0.0244 e. The minimum absolute atomic E-state index is 0.653. The van der Waals surface area contributed by atoms with Gasteiger partial charge in [-0.3, -0.25) is 4.21 Å². The fraction of sp³-hybridized carbons (Fsp3) is 0.750. The Morgan fingerprint density at radius 1 is 1.55 bits per heavy atom. The van der Waals surface area contributed by atoms with Gasteiger partial charge in [0.25, 0.3) is 0 Å². The number of hydrogen-bond donors (Lipinski definition) is 1. The van der Waals surface area contributed by atoms with Crippen molar-refractivity contribution in [3.63, 3.8) is 0 Å². The molecule has 0 aromatic rings. The highest BCUT2D eigenvalue weighted by molar-refractivity contribution is 7.84. The van der Waals surface area contributed by atoms with Crippen molar-refractivity contribution in [3.05, 3.63) is 0 Å². The monoisotopic (exact) mass is 173 g/mol. The molecule has 0 saturated carbocycles. The first-order chi connectivity index (χ1) is 5.27. The Labute approximate surface area is 71.2 Å². The standard InChI is InChI=1S/C8H15NOS/c1-3-4-6-9-7-5-8-11(2)10/h1,9H,4-8H2,2H3. The summed E-state index contributed by atoms with van der Waals surface area (Å²) in [5.41, 5.74) is 0. The Morgan fingerprint density at radius 2 is 2.27 bits per heavy atom. The molecule has 3 heteroatoms. The Hall–Kier alpha value is -0.330. The Balaban J connectivity index is 2.92. The second-order valence-corrected chi connectivity index (χ2v) is 3.89. The Bertz CT molecular complexity index is 151. The first-order valence-corrected chi connectivity index (χ1v) is 5.44. The fourth-order valence-electron chi connectivity index (χ4n) is 0.686. The molecule has 0 spiro atoms. The molecule has 11 heavy (non-hydrogen) atoms. The molecule has 0 aromatic carbocycles. The molecule has 0 aliphatic carbocycles. The van der Waals surface area contributed by atoms with Crippen LogP contribution in [0.2, 0.25) is 0 Å². The van der Waals surface area contributed by atoms with Crippen LogP contribution in [0.1, 0.15) is 12.8 Å². The summed E-state index contributed by atoms with van der Waals surface area (Å²) in [6.45, 7) is 1.79. The molecule has 0 fully saturated rings. The van der Waals surface area contributed by atoms with Crippen molar-refractivity contribution >= 4 is 10.8 Å². The first kappa shape index (κ1) is 10.7. The van der Waals surface area contributed by atoms with Gasteiger partial charge in [-0.05, 0) is 13.0 Å². The summed E-state index contributed by atoms with van der Waals surface area (Å²) in [6.07, 6.45) is 8.52. The molecule has 0 rings (SSSR count). The van der Waals surface area contributed by atoms with E-state index in [-0.39, 0.29) is 0 Å². The quantitative estimate of drug-likeness (QED) is 0.464. The van der Waals surface area contributed by atoms with Gasteiger partial charge in [0.15, 0.2) is 0 Å². The number of hydrogen-bond acceptors (Lipinski definition) is 2. The lowest BCUT2D eigenvalue weighted by Crippen LogP contribution is -2.17. The van der Waals surface area contributed by atoms with Crippen LogP contribution in [0.4, 0.5) is 0 Å². The zero-order valence-electron chi connectivity index (χ0n) is 6.93. The highest BCUT2D eigenvalue weighted by Gasteiger charge is 1.90. The van der Waals surface area contributed by atoms with Crippen molar-refractivity contribution in [3.8, 4) is 12.3 Å². The second-order valence-electron chi connectivity index (χ2n) is 2.33. The summed E-state index contributed by atoms with van der Waals surface area (Å²) in [5.74, 6) is 3.33. The summed E-state index contributed by atoms with van der Waals surface area (Å²) < 4.78 is 10.6. The lowest BCUT2D eigenvalue weighted by molar-refractivity contribution is 0.666. The number of rotatable bonds is 6. The fourth-order valence-corrected chi connectivity index (χ4v) is 1.24. The van der Waals surface area contributed by atoms with Crippen molar-refractivity contribution in [1.29, 1.82) is 0 Å². The van der Waals surface area contributed by atoms with Crippen LogP contribution in [0.25, 0.3) is 0 Å². The molecule has 0 aliphatic heterocycles. The highest BCUT2D eigenvalue weighted by Crippen LogP contribution is 1.81. The van der Waals surface area contributed by atoms with Gasteiger partial charge in [0, 0.05) is 35.8 Å². The van der Waals surface area contributed by atoms with Crippen molar-refractivity contribution in [2.75, 3.05) is 25.1 Å². The van der Waals surface area contributed by atoms with Gasteiger partial charge in [-0.1, -0.05) is 0 Å². The molecule has 0 heterocycles. The summed E-state index contributed by atoms with van der Waals surface area (Å²) in [4.78, 5) is 0. The maximum atomic E-state index is 10.6. The molecule has 0 aromatic heterocycles. The molecule has 0 radical (unpaired) electrons. The molecule has 1 unspecified atom stereocenters. The average Bonchev–Trinajstić information content (AvgIpc) is 1.96. The van der Waals surface area contributed by atoms with E-state index in [1.807, 2.05) is 0 Å². The van der Waals surface area contributed by atoms with E-state index in [0.29, 0.717) is 0 Å². The second kappa shape index (κ2) is 7.77. The van der Waals surface area contributed by atoms with E-state index in [2.05, 4.69) is 11.2 Å². The van der Waals surface area contributed by atoms with Crippen molar-refractivity contribution in [1.82, 2.24) is 5.32 Å². The van der Waals surface area contributed by atoms with E-state index in [1.165, 1.54) is 0 Å². The lowest BCUT2D eigenvalue weighted by atomic mass is 10.4. The summed E-state index contributed by atoms with van der Waals surface area (Å²) in [6, 6.07) is 0. The van der Waals surface area contributed by atoms with E-state index >= 15 is 0 Å². The number of nitrogens with one attached hydrogen (secondary N) is 1. The number of terminal acetylenes is 1. The van der Waals surface area contributed by atoms with Crippen LogP contribution in [-0.4, -0.2) is 29.3 Å². The molecule has 0 saturated heterocycles. The topological polar surface area (TPSA) is 29.1 Å². The van der Waals surface area contributed by atoms with E-state index in [9.17, 15) is 4.21 Å². The molecular formula is C8H15NOS. The SMILES string of the molecule is C#CCCNCCCS(C)=O. The lowest BCUT2D eigenvalue weighted by Gasteiger charge is -1.99. The van der Waals surface area contributed by atoms with Crippen LogP contribution in [0, 0.1) is 12.3 Å². The van der Waals surface area contributed by atoms with E-state index in [1.54, 1.807) is 6.26 Å². The van der Waals surface area contributed by atoms with Gasteiger partial charge in [-0.2, -0.15) is 0 Å². The zero-order valence-corrected chi connectivity index (χ0v) is 7.75. The van der Waals surface area contributed by atoms with Crippen molar-refractivity contribution < 1.29 is 4.21 Å². The van der Waals surface area contributed by atoms with Crippen LogP contribution in [0.15, 0.2) is 0 Å². The first-order valence-electron chi connectivity index (χ1n) is 3.71. The van der Waals surface area contributed by atoms with Gasteiger partial charge >= 0.3 is 0 Å². The minimum atomic E-state index is -0.653. The zero-order chi connectivity index (χ0) is 8.53. The predicted octanol–water partition coefficient (Wildman–Crippen LogP) is 0.368. The van der Waals surface area contributed by atoms with Crippen LogP contribution >= 0.6 is 0 Å². The molecule has 0 bridgehead atoms. The Morgan fingerprint density at radius 3 is 2.82 bits per heavy atom. The third-order valence-electron chi connectivity index (χ3n) is 1.23. The molecule has 1 N–H and O–H groups in total. The van der Waals surface area contributed by atoms with Crippen LogP contribution < -0.4 is 5.32 Å². The smallest absolute Gasteiger partial charge is 0.0244 e. The van der Waals surface area contributed by atoms with E-state index < -0.39 is 10.8 Å². The summed E-state index contributed by atoms with van der Waals surface area (Å²) >= 11 is 0. The molecular weight excluding hydrogens is 158 g/mol. The third-order valence-corrected chi connectivity index (χ3v) is 2.10. The molecule has 64 valence electrons. The van der Waals surface area contributed by atoms with Crippen LogP contribution in [0.3, 0.4) is 0 Å². The third kappa shape index (κ3) is 9.67. The Kier molecular flexibility index (Phi) is 7.54. The van der Waals surface area contributed by atoms with Crippen molar-refractivity contribution in [2.45, 2.75) is 12.8 Å². The summed E-state index contributed by atoms with van der Waals surface area (Å²) in [7, 11) is -0.653. The van der Waals surface area contributed by atoms with Gasteiger partial charge in [0.2, 0.25) is 0 Å². The predicted molar refractivity (Wildman–Crippen MR) is 49.9 cm³/mol. The summed E-state index contributed by atoms with van der Waals surface area (Å²) in [5, 5.41) is 3.16. The minimum Gasteiger partial charge on any atom is -0.316 e. The van der Waals surface area contributed by atoms with Gasteiger partial charge in [0.1, 0.15) is 0 Å². The van der Waals surface area contributed by atoms with Gasteiger partial charge in [-0.15, -0.1) is 12.3 Å². The maximum absolute atomic E-state index is 10.6. The van der Waals surface area contributed by atoms with Crippen molar-refractivity contribution in [2.24, 2.45) is 0 Å². The molecule has 0 amide bonds. The molecule has 1 atom stereocenters. The van der Waals surface area contributed by atoms with E-state index in [0.717, 1.165) is 31.7 Å². The van der Waals surface area contributed by atoms with E-state index in [4.69, 9.17) is 6.42 Å². The van der Waals surface area contributed by atoms with Gasteiger partial charge < -0.3 is 5.32 Å². The normalized spacial score (nSPS) is 12.4. The average molecular weight is 173 g/mol.